The number of nitrogens with two attached hydrogens (primary N) is 1. The first-order valence-corrected chi connectivity index (χ1v) is 6.88. The van der Waals surface area contributed by atoms with Gasteiger partial charge in [-0.3, -0.25) is 4.79 Å². The number of carbonyl (C=O) groups excluding carboxylic acids is 1. The van der Waals surface area contributed by atoms with Crippen LogP contribution in [-0.2, 0) is 0 Å². The van der Waals surface area contributed by atoms with E-state index in [0.717, 1.165) is 5.69 Å². The van der Waals surface area contributed by atoms with Gasteiger partial charge < -0.3 is 15.7 Å². The van der Waals surface area contributed by atoms with Crippen LogP contribution < -0.4 is 5.73 Å². The maximum Gasteiger partial charge on any atom is 0.274 e. The molecule has 21 heavy (non-hydrogen) atoms. The summed E-state index contributed by atoms with van der Waals surface area (Å²) in [5, 5.41) is 14.2. The maximum absolute atomic E-state index is 12.4. The first-order chi connectivity index (χ1) is 9.96. The Morgan fingerprint density at radius 1 is 1.38 bits per heavy atom. The first-order valence-electron chi connectivity index (χ1n) is 6.88. The van der Waals surface area contributed by atoms with Crippen molar-refractivity contribution in [2.24, 2.45) is 0 Å². The van der Waals surface area contributed by atoms with Crippen molar-refractivity contribution >= 4 is 11.6 Å². The van der Waals surface area contributed by atoms with Crippen LogP contribution in [0.25, 0.3) is 5.69 Å². The molecule has 1 aromatic carbocycles. The molecule has 1 fully saturated rings. The summed E-state index contributed by atoms with van der Waals surface area (Å²) in [4.78, 5) is 14.0. The standard InChI is InChI=1S/C15H18N4O2/c1-15(21)7-9-18(10-15)14(20)12-6-8-19(17-12)13-5-3-2-4-11(13)16/h2-6,8,21H,7,9-10,16H2,1H3. The summed E-state index contributed by atoms with van der Waals surface area (Å²) in [5.74, 6) is -0.166. The van der Waals surface area contributed by atoms with Gasteiger partial charge in [0.2, 0.25) is 0 Å². The number of benzene rings is 1. The molecule has 1 saturated heterocycles. The van der Waals surface area contributed by atoms with Crippen LogP contribution >= 0.6 is 0 Å². The maximum atomic E-state index is 12.4. The Kier molecular flexibility index (Phi) is 3.17. The Balaban J connectivity index is 1.83. The fourth-order valence-corrected chi connectivity index (χ4v) is 2.55. The summed E-state index contributed by atoms with van der Waals surface area (Å²) in [6, 6.07) is 9.02. The third-order valence-electron chi connectivity index (χ3n) is 3.73. The van der Waals surface area contributed by atoms with Crippen LogP contribution in [0, 0.1) is 0 Å². The van der Waals surface area contributed by atoms with Crippen molar-refractivity contribution in [1.29, 1.82) is 0 Å². The van der Waals surface area contributed by atoms with Crippen LogP contribution in [-0.4, -0.2) is 44.4 Å². The molecule has 2 aromatic rings. The van der Waals surface area contributed by atoms with Gasteiger partial charge in [-0.15, -0.1) is 0 Å². The molecule has 1 unspecified atom stereocenters. The monoisotopic (exact) mass is 286 g/mol. The van der Waals surface area contributed by atoms with Gasteiger partial charge in [-0.25, -0.2) is 4.68 Å². The smallest absolute Gasteiger partial charge is 0.274 e. The Morgan fingerprint density at radius 2 is 2.14 bits per heavy atom. The molecule has 1 aromatic heterocycles. The van der Waals surface area contributed by atoms with Gasteiger partial charge in [0.25, 0.3) is 5.91 Å². The minimum Gasteiger partial charge on any atom is -0.397 e. The number of nitrogens with zero attached hydrogens (tertiary/aromatic N) is 3. The average molecular weight is 286 g/mol. The molecule has 0 bridgehead atoms. The van der Waals surface area contributed by atoms with Gasteiger partial charge >= 0.3 is 0 Å². The molecule has 6 nitrogen and oxygen atoms in total. The van der Waals surface area contributed by atoms with Gasteiger partial charge in [0, 0.05) is 19.3 Å². The van der Waals surface area contributed by atoms with E-state index in [1.165, 1.54) is 0 Å². The molecule has 0 aliphatic carbocycles. The van der Waals surface area contributed by atoms with E-state index in [1.807, 2.05) is 18.2 Å². The largest absolute Gasteiger partial charge is 0.397 e. The quantitative estimate of drug-likeness (QED) is 0.808. The number of amides is 1. The summed E-state index contributed by atoms with van der Waals surface area (Å²) < 4.78 is 1.59. The van der Waals surface area contributed by atoms with Crippen LogP contribution in [0.4, 0.5) is 5.69 Å². The number of carbonyl (C=O) groups is 1. The average Bonchev–Trinajstić information content (AvgIpc) is 3.05. The van der Waals surface area contributed by atoms with Crippen LogP contribution in [0.15, 0.2) is 36.5 Å². The number of aliphatic hydroxyl groups is 1. The van der Waals surface area contributed by atoms with Gasteiger partial charge in [0.15, 0.2) is 5.69 Å². The summed E-state index contributed by atoms with van der Waals surface area (Å²) in [5.41, 5.74) is 6.80. The normalized spacial score (nSPS) is 21.7. The van der Waals surface area contributed by atoms with Crippen LogP contribution in [0.2, 0.25) is 0 Å². The summed E-state index contributed by atoms with van der Waals surface area (Å²) >= 11 is 0. The van der Waals surface area contributed by atoms with Crippen LogP contribution in [0.5, 0.6) is 0 Å². The number of hydrogen-bond donors (Lipinski definition) is 2. The van der Waals surface area contributed by atoms with E-state index in [9.17, 15) is 9.90 Å². The summed E-state index contributed by atoms with van der Waals surface area (Å²) in [6.45, 7) is 2.63. The second-order valence-electron chi connectivity index (χ2n) is 5.68. The van der Waals surface area contributed by atoms with Gasteiger partial charge in [-0.2, -0.15) is 5.10 Å². The third kappa shape index (κ3) is 2.62. The zero-order chi connectivity index (χ0) is 15.0. The lowest BCUT2D eigenvalue weighted by Crippen LogP contribution is -2.34. The molecule has 6 heteroatoms. The van der Waals surface area contributed by atoms with E-state index in [4.69, 9.17) is 5.73 Å². The Labute approximate surface area is 122 Å². The lowest BCUT2D eigenvalue weighted by atomic mass is 10.1. The number of anilines is 1. The molecular weight excluding hydrogens is 268 g/mol. The second-order valence-corrected chi connectivity index (χ2v) is 5.68. The molecule has 1 aliphatic rings. The van der Waals surface area contributed by atoms with E-state index in [2.05, 4.69) is 5.10 Å². The summed E-state index contributed by atoms with van der Waals surface area (Å²) in [7, 11) is 0. The van der Waals surface area contributed by atoms with Crippen LogP contribution in [0.3, 0.4) is 0 Å². The first kappa shape index (κ1) is 13.6. The number of hydrogen-bond acceptors (Lipinski definition) is 4. The minimum atomic E-state index is -0.803. The molecule has 0 spiro atoms. The van der Waals surface area contributed by atoms with Crippen molar-refractivity contribution in [3.05, 3.63) is 42.2 Å². The molecule has 3 N–H and O–H groups in total. The lowest BCUT2D eigenvalue weighted by Gasteiger charge is -2.17. The summed E-state index contributed by atoms with van der Waals surface area (Å²) in [6.07, 6.45) is 2.30. The van der Waals surface area contributed by atoms with Crippen molar-refractivity contribution in [2.45, 2.75) is 18.9 Å². The highest BCUT2D eigenvalue weighted by Gasteiger charge is 2.34. The van der Waals surface area contributed by atoms with Crippen LogP contribution in [0.1, 0.15) is 23.8 Å². The molecule has 1 amide bonds. The number of rotatable bonds is 2. The Morgan fingerprint density at radius 3 is 2.81 bits per heavy atom. The SMILES string of the molecule is CC1(O)CCN(C(=O)c2ccn(-c3ccccc3N)n2)C1. The molecule has 3 rings (SSSR count). The fourth-order valence-electron chi connectivity index (χ4n) is 2.55. The highest BCUT2D eigenvalue weighted by atomic mass is 16.3. The molecule has 0 saturated carbocycles. The zero-order valence-corrected chi connectivity index (χ0v) is 11.9. The Hall–Kier alpha value is -2.34. The molecular formula is C15H18N4O2. The van der Waals surface area contributed by atoms with E-state index < -0.39 is 5.60 Å². The predicted molar refractivity (Wildman–Crippen MR) is 79.1 cm³/mol. The number of nitrogen functional groups attached to an aromatic ring is 1. The fraction of sp³-hybridized carbons (Fsp3) is 0.333. The van der Waals surface area contributed by atoms with Crippen molar-refractivity contribution in [3.63, 3.8) is 0 Å². The molecule has 2 heterocycles. The van der Waals surface area contributed by atoms with E-state index in [1.54, 1.807) is 34.8 Å². The minimum absolute atomic E-state index is 0.166. The topological polar surface area (TPSA) is 84.4 Å². The van der Waals surface area contributed by atoms with Gasteiger partial charge in [-0.1, -0.05) is 12.1 Å². The number of para-hydroxylation sites is 2. The number of likely N-dealkylation sites (tertiary alicyclic amines) is 1. The van der Waals surface area contributed by atoms with E-state index in [-0.39, 0.29) is 5.91 Å². The van der Waals surface area contributed by atoms with Crippen molar-refractivity contribution < 1.29 is 9.90 Å². The van der Waals surface area contributed by atoms with Gasteiger partial charge in [-0.05, 0) is 31.5 Å². The molecule has 0 radical (unpaired) electrons. The molecule has 1 atom stereocenters. The highest BCUT2D eigenvalue weighted by molar-refractivity contribution is 5.92. The number of β-amino-alcohol motifs (C(OH)–C–C–N with tert-alkyl or cyclic N) is 1. The molecule has 110 valence electrons. The van der Waals surface area contributed by atoms with E-state index in [0.29, 0.717) is 30.9 Å². The van der Waals surface area contributed by atoms with Crippen molar-refractivity contribution in [3.8, 4) is 5.69 Å². The van der Waals surface area contributed by atoms with E-state index >= 15 is 0 Å². The van der Waals surface area contributed by atoms with Gasteiger partial charge in [0.1, 0.15) is 0 Å². The zero-order valence-electron chi connectivity index (χ0n) is 11.9. The Bertz CT molecular complexity index is 678. The highest BCUT2D eigenvalue weighted by Crippen LogP contribution is 2.22. The van der Waals surface area contributed by atoms with Crippen molar-refractivity contribution in [1.82, 2.24) is 14.7 Å². The third-order valence-corrected chi connectivity index (χ3v) is 3.73. The van der Waals surface area contributed by atoms with Crippen molar-refractivity contribution in [2.75, 3.05) is 18.8 Å². The lowest BCUT2D eigenvalue weighted by molar-refractivity contribution is 0.0569. The molecule has 1 aliphatic heterocycles. The predicted octanol–water partition coefficient (Wildman–Crippen LogP) is 1.05. The second kappa shape index (κ2) is 4.89. The number of aromatic nitrogens is 2. The van der Waals surface area contributed by atoms with Gasteiger partial charge in [0.05, 0.1) is 17.0 Å².